The standard InChI is InChI=1S/C32H53N5O7.C3H8/c1-5-13-23(27(39)29(41)33-20-25(38)34-22-16-10-7-11-17-22)35-28(40)24-18-12-19-37(24)30(42)26(21-14-8-6-9-15-21)36-31(43)44-32(2,3)4;1-3-2/h21-24,26H,5-20H2,1-4H3,(H,33,41)(H,34,38)(H,35,40)(H,36,43);3H2,1-2H3/t23?,24-,26?;/m0./s1. The maximum Gasteiger partial charge on any atom is 0.408 e. The maximum atomic E-state index is 13.9. The summed E-state index contributed by atoms with van der Waals surface area (Å²) in [4.78, 5) is 79.7. The lowest BCUT2D eigenvalue weighted by atomic mass is 9.83. The average Bonchev–Trinajstić information content (AvgIpc) is 3.52. The quantitative estimate of drug-likeness (QED) is 0.227. The minimum absolute atomic E-state index is 0.0680. The van der Waals surface area contributed by atoms with Gasteiger partial charge in [0.25, 0.3) is 5.91 Å². The summed E-state index contributed by atoms with van der Waals surface area (Å²) in [5.41, 5.74) is -0.730. The number of carbonyl (C=O) groups is 6. The molecule has 2 unspecified atom stereocenters. The van der Waals surface area contributed by atoms with Gasteiger partial charge in [0.2, 0.25) is 23.5 Å². The lowest BCUT2D eigenvalue weighted by molar-refractivity contribution is -0.143. The van der Waals surface area contributed by atoms with Crippen LogP contribution >= 0.6 is 0 Å². The van der Waals surface area contributed by atoms with Gasteiger partial charge in [-0.3, -0.25) is 24.0 Å². The molecular weight excluding hydrogens is 602 g/mol. The molecule has 3 fully saturated rings. The molecule has 2 saturated carbocycles. The van der Waals surface area contributed by atoms with Gasteiger partial charge in [0.15, 0.2) is 0 Å². The van der Waals surface area contributed by atoms with Crippen LogP contribution < -0.4 is 21.3 Å². The number of Topliss-reactive ketones (excluding diaryl/α,β-unsaturated/α-hetero) is 1. The molecule has 1 saturated heterocycles. The van der Waals surface area contributed by atoms with Crippen LogP contribution in [0.15, 0.2) is 0 Å². The van der Waals surface area contributed by atoms with E-state index in [1.165, 1.54) is 11.3 Å². The zero-order valence-electron chi connectivity index (χ0n) is 29.7. The van der Waals surface area contributed by atoms with Crippen LogP contribution in [0.1, 0.15) is 138 Å². The first-order chi connectivity index (χ1) is 22.3. The number of rotatable bonds is 12. The summed E-state index contributed by atoms with van der Waals surface area (Å²) in [6, 6.07) is -2.65. The van der Waals surface area contributed by atoms with Gasteiger partial charge in [-0.15, -0.1) is 0 Å². The molecule has 47 heavy (non-hydrogen) atoms. The van der Waals surface area contributed by atoms with Gasteiger partial charge in [0, 0.05) is 12.6 Å². The second-order valence-corrected chi connectivity index (χ2v) is 14.2. The van der Waals surface area contributed by atoms with E-state index in [2.05, 4.69) is 35.1 Å². The molecule has 0 aromatic rings. The van der Waals surface area contributed by atoms with Crippen molar-refractivity contribution >= 4 is 35.5 Å². The summed E-state index contributed by atoms with van der Waals surface area (Å²) in [6.07, 6.45) is 12.0. The highest BCUT2D eigenvalue weighted by Crippen LogP contribution is 2.30. The summed E-state index contributed by atoms with van der Waals surface area (Å²) in [7, 11) is 0. The van der Waals surface area contributed by atoms with Crippen molar-refractivity contribution in [1.29, 1.82) is 0 Å². The van der Waals surface area contributed by atoms with Crippen LogP contribution in [0, 0.1) is 5.92 Å². The number of carbonyl (C=O) groups excluding carboxylic acids is 6. The zero-order chi connectivity index (χ0) is 35.0. The van der Waals surface area contributed by atoms with Gasteiger partial charge >= 0.3 is 6.09 Å². The number of hydrogen-bond donors (Lipinski definition) is 4. The first-order valence-corrected chi connectivity index (χ1v) is 18.0. The number of ether oxygens (including phenoxy) is 1. The Morgan fingerprint density at radius 2 is 1.40 bits per heavy atom. The summed E-state index contributed by atoms with van der Waals surface area (Å²) in [6.45, 7) is 11.4. The monoisotopic (exact) mass is 663 g/mol. The van der Waals surface area contributed by atoms with Crippen molar-refractivity contribution in [2.45, 2.75) is 168 Å². The Morgan fingerprint density at radius 1 is 0.809 bits per heavy atom. The summed E-state index contributed by atoms with van der Waals surface area (Å²) < 4.78 is 5.45. The van der Waals surface area contributed by atoms with Gasteiger partial charge < -0.3 is 30.9 Å². The highest BCUT2D eigenvalue weighted by atomic mass is 16.6. The zero-order valence-corrected chi connectivity index (χ0v) is 29.7. The fraction of sp³-hybridized carbons (Fsp3) is 0.829. The van der Waals surface area contributed by atoms with E-state index in [-0.39, 0.29) is 36.7 Å². The number of amides is 5. The second kappa shape index (κ2) is 20.2. The molecule has 0 radical (unpaired) electrons. The number of alkyl carbamates (subject to hydrolysis) is 1. The molecule has 1 aliphatic heterocycles. The van der Waals surface area contributed by atoms with Crippen LogP contribution in [-0.2, 0) is 28.7 Å². The van der Waals surface area contributed by atoms with E-state index in [1.54, 1.807) is 20.8 Å². The highest BCUT2D eigenvalue weighted by Gasteiger charge is 2.42. The Hall–Kier alpha value is -3.18. The molecule has 0 bridgehead atoms. The number of ketones is 1. The second-order valence-electron chi connectivity index (χ2n) is 14.2. The number of hydrogen-bond acceptors (Lipinski definition) is 7. The van der Waals surface area contributed by atoms with Crippen molar-refractivity contribution in [2.24, 2.45) is 5.92 Å². The fourth-order valence-electron chi connectivity index (χ4n) is 6.52. The minimum Gasteiger partial charge on any atom is -0.444 e. The van der Waals surface area contributed by atoms with Gasteiger partial charge in [-0.05, 0) is 71.6 Å². The van der Waals surface area contributed by atoms with Gasteiger partial charge in [0.05, 0.1) is 12.6 Å². The molecule has 12 nitrogen and oxygen atoms in total. The Balaban J connectivity index is 0.00000246. The first kappa shape index (κ1) is 40.0. The van der Waals surface area contributed by atoms with E-state index in [4.69, 9.17) is 4.74 Å². The van der Waals surface area contributed by atoms with Crippen molar-refractivity contribution in [3.8, 4) is 0 Å². The third-order valence-electron chi connectivity index (χ3n) is 8.71. The van der Waals surface area contributed by atoms with Crippen LogP contribution in [0.25, 0.3) is 0 Å². The molecule has 0 aromatic carbocycles. The third kappa shape index (κ3) is 13.8. The van der Waals surface area contributed by atoms with E-state index < -0.39 is 47.4 Å². The Bertz CT molecular complexity index is 1050. The Labute approximate surface area is 281 Å². The van der Waals surface area contributed by atoms with E-state index in [0.29, 0.717) is 25.8 Å². The number of likely N-dealkylation sites (tertiary alicyclic amines) is 1. The number of nitrogens with zero attached hydrogens (tertiary/aromatic N) is 1. The molecule has 12 heteroatoms. The molecule has 0 spiro atoms. The Kier molecular flexibility index (Phi) is 17.2. The van der Waals surface area contributed by atoms with Crippen molar-refractivity contribution in [3.05, 3.63) is 0 Å². The summed E-state index contributed by atoms with van der Waals surface area (Å²) in [5, 5.41) is 10.8. The van der Waals surface area contributed by atoms with Gasteiger partial charge in [0.1, 0.15) is 17.7 Å². The topological polar surface area (TPSA) is 163 Å². The molecule has 3 rings (SSSR count). The normalized spacial score (nSPS) is 20.1. The smallest absolute Gasteiger partial charge is 0.408 e. The SMILES string of the molecule is CCC.CCCC(NC(=O)[C@@H]1CCCN1C(=O)C(NC(=O)OC(C)(C)C)C1CCCCC1)C(=O)C(=O)NCC(=O)NC1CCCCC1. The van der Waals surface area contributed by atoms with E-state index in [9.17, 15) is 28.8 Å². The van der Waals surface area contributed by atoms with E-state index in [0.717, 1.165) is 64.2 Å². The lowest BCUT2D eigenvalue weighted by Gasteiger charge is -2.35. The highest BCUT2D eigenvalue weighted by molar-refractivity contribution is 6.38. The molecule has 0 aromatic heterocycles. The lowest BCUT2D eigenvalue weighted by Crippen LogP contribution is -2.58. The van der Waals surface area contributed by atoms with Crippen molar-refractivity contribution in [1.82, 2.24) is 26.2 Å². The van der Waals surface area contributed by atoms with Gasteiger partial charge in [-0.25, -0.2) is 4.79 Å². The van der Waals surface area contributed by atoms with Crippen molar-refractivity contribution < 1.29 is 33.5 Å². The summed E-state index contributed by atoms with van der Waals surface area (Å²) >= 11 is 0. The van der Waals surface area contributed by atoms with E-state index >= 15 is 0 Å². The van der Waals surface area contributed by atoms with Crippen LogP contribution in [0.2, 0.25) is 0 Å². The predicted molar refractivity (Wildman–Crippen MR) is 180 cm³/mol. The van der Waals surface area contributed by atoms with Gasteiger partial charge in [-0.2, -0.15) is 0 Å². The molecule has 2 aliphatic carbocycles. The fourth-order valence-corrected chi connectivity index (χ4v) is 6.52. The number of nitrogens with one attached hydrogen (secondary N) is 4. The van der Waals surface area contributed by atoms with Crippen LogP contribution in [0.5, 0.6) is 0 Å². The van der Waals surface area contributed by atoms with Crippen LogP contribution in [0.4, 0.5) is 4.79 Å². The largest absolute Gasteiger partial charge is 0.444 e. The minimum atomic E-state index is -1.08. The average molecular weight is 664 g/mol. The first-order valence-electron chi connectivity index (χ1n) is 18.0. The van der Waals surface area contributed by atoms with Crippen LogP contribution in [-0.4, -0.2) is 83.3 Å². The summed E-state index contributed by atoms with van der Waals surface area (Å²) in [5.74, 6) is -3.01. The third-order valence-corrected chi connectivity index (χ3v) is 8.71. The van der Waals surface area contributed by atoms with E-state index in [1.807, 2.05) is 6.92 Å². The molecule has 3 atom stereocenters. The molecule has 5 amide bonds. The van der Waals surface area contributed by atoms with Gasteiger partial charge in [-0.1, -0.05) is 72.1 Å². The maximum absolute atomic E-state index is 13.9. The molecule has 268 valence electrons. The Morgan fingerprint density at radius 3 is 1.98 bits per heavy atom. The molecule has 1 heterocycles. The molecule has 3 aliphatic rings. The van der Waals surface area contributed by atoms with Crippen LogP contribution in [0.3, 0.4) is 0 Å². The molecule has 4 N–H and O–H groups in total. The predicted octanol–water partition coefficient (Wildman–Crippen LogP) is 4.29. The molecular formula is C35H61N5O7. The van der Waals surface area contributed by atoms with Crippen molar-refractivity contribution in [3.63, 3.8) is 0 Å². The van der Waals surface area contributed by atoms with Crippen molar-refractivity contribution in [2.75, 3.05) is 13.1 Å².